The van der Waals surface area contributed by atoms with E-state index in [0.717, 1.165) is 29.0 Å². The molecular formula is C30H33N3O4. The van der Waals surface area contributed by atoms with E-state index in [1.54, 1.807) is 19.2 Å². The predicted molar refractivity (Wildman–Crippen MR) is 142 cm³/mol. The van der Waals surface area contributed by atoms with Gasteiger partial charge in [-0.25, -0.2) is 0 Å². The highest BCUT2D eigenvalue weighted by molar-refractivity contribution is 5.88. The average Bonchev–Trinajstić information content (AvgIpc) is 2.92. The number of aryl methyl sites for hydroxylation is 1. The summed E-state index contributed by atoms with van der Waals surface area (Å²) in [6, 6.07) is 22.2. The first-order chi connectivity index (χ1) is 18.0. The van der Waals surface area contributed by atoms with Crippen LogP contribution in [0, 0.1) is 5.92 Å². The minimum absolute atomic E-state index is 0.0260. The summed E-state index contributed by atoms with van der Waals surface area (Å²) < 4.78 is 7.07. The molecule has 2 aliphatic rings. The minimum Gasteiger partial charge on any atom is -0.497 e. The SMILES string of the molecule is COc1ccc(CCC(=O)N[C@@H](Cc2ccccc2)C(=O)N2C[C@@H]3C[C@H](C2)c2cccc(=O)n2C3)cc1. The largest absolute Gasteiger partial charge is 0.497 e. The molecule has 1 aromatic heterocycles. The van der Waals surface area contributed by atoms with Crippen LogP contribution in [0.2, 0.25) is 0 Å². The normalized spacial score (nSPS) is 19.0. The van der Waals surface area contributed by atoms with Crippen LogP contribution in [0.25, 0.3) is 0 Å². The van der Waals surface area contributed by atoms with Crippen molar-refractivity contribution >= 4 is 11.8 Å². The van der Waals surface area contributed by atoms with E-state index < -0.39 is 6.04 Å². The summed E-state index contributed by atoms with van der Waals surface area (Å²) in [4.78, 5) is 41.1. The van der Waals surface area contributed by atoms with Crippen molar-refractivity contribution in [3.8, 4) is 5.75 Å². The van der Waals surface area contributed by atoms with Gasteiger partial charge in [-0.05, 0) is 48.1 Å². The molecule has 1 fully saturated rings. The lowest BCUT2D eigenvalue weighted by molar-refractivity contribution is -0.138. The van der Waals surface area contributed by atoms with E-state index in [4.69, 9.17) is 4.74 Å². The Labute approximate surface area is 217 Å². The molecule has 192 valence electrons. The van der Waals surface area contributed by atoms with E-state index >= 15 is 0 Å². The molecule has 3 aromatic rings. The van der Waals surface area contributed by atoms with Gasteiger partial charge in [0.25, 0.3) is 5.56 Å². The first-order valence-corrected chi connectivity index (χ1v) is 12.9. The molecule has 0 radical (unpaired) electrons. The summed E-state index contributed by atoms with van der Waals surface area (Å²) in [6.45, 7) is 1.79. The van der Waals surface area contributed by atoms with E-state index in [0.29, 0.717) is 38.9 Å². The van der Waals surface area contributed by atoms with Gasteiger partial charge in [0.15, 0.2) is 0 Å². The molecule has 2 bridgehead atoms. The summed E-state index contributed by atoms with van der Waals surface area (Å²) in [5.74, 6) is 0.953. The van der Waals surface area contributed by atoms with E-state index in [1.165, 1.54) is 0 Å². The Morgan fingerprint density at radius 1 is 0.946 bits per heavy atom. The fourth-order valence-corrected chi connectivity index (χ4v) is 5.66. The lowest BCUT2D eigenvalue weighted by Gasteiger charge is -2.43. The topological polar surface area (TPSA) is 80.6 Å². The first-order valence-electron chi connectivity index (χ1n) is 12.9. The smallest absolute Gasteiger partial charge is 0.250 e. The highest BCUT2D eigenvalue weighted by atomic mass is 16.5. The zero-order chi connectivity index (χ0) is 25.8. The lowest BCUT2D eigenvalue weighted by atomic mass is 9.83. The second kappa shape index (κ2) is 11.0. The molecule has 7 heteroatoms. The van der Waals surface area contributed by atoms with Crippen molar-refractivity contribution in [2.75, 3.05) is 20.2 Å². The molecule has 37 heavy (non-hydrogen) atoms. The van der Waals surface area contributed by atoms with Crippen LogP contribution < -0.4 is 15.6 Å². The third kappa shape index (κ3) is 5.77. The van der Waals surface area contributed by atoms with Gasteiger partial charge in [0, 0.05) is 50.2 Å². The number of pyridine rings is 1. The third-order valence-electron chi connectivity index (χ3n) is 7.51. The number of likely N-dealkylation sites (tertiary alicyclic amines) is 1. The predicted octanol–water partition coefficient (Wildman–Crippen LogP) is 3.16. The minimum atomic E-state index is -0.637. The Kier molecular flexibility index (Phi) is 7.40. The standard InChI is InChI=1S/C30H33N3O4/c1-37-25-13-10-21(11-14-25)12-15-28(34)31-26(17-22-6-3-2-4-7-22)30(36)32-18-23-16-24(20-32)27-8-5-9-29(35)33(27)19-23/h2-11,13-14,23-24,26H,12,15-20H2,1H3,(H,31,34)/t23-,24+,26-/m0/s1. The fraction of sp³-hybridized carbons (Fsp3) is 0.367. The molecule has 0 spiro atoms. The van der Waals surface area contributed by atoms with Gasteiger partial charge < -0.3 is 19.5 Å². The second-order valence-electron chi connectivity index (χ2n) is 10.1. The number of amides is 2. The monoisotopic (exact) mass is 499 g/mol. The Hall–Kier alpha value is -3.87. The zero-order valence-electron chi connectivity index (χ0n) is 21.1. The summed E-state index contributed by atoms with van der Waals surface area (Å²) in [5.41, 5.74) is 3.08. The van der Waals surface area contributed by atoms with Crippen molar-refractivity contribution in [2.24, 2.45) is 5.92 Å². The molecule has 0 unspecified atom stereocenters. The molecule has 0 aliphatic carbocycles. The van der Waals surface area contributed by atoms with Crippen molar-refractivity contribution in [2.45, 2.75) is 44.2 Å². The quantitative estimate of drug-likeness (QED) is 0.516. The van der Waals surface area contributed by atoms with Crippen LogP contribution in [0.5, 0.6) is 5.75 Å². The number of nitrogens with zero attached hydrogens (tertiary/aromatic N) is 2. The van der Waals surface area contributed by atoms with Crippen LogP contribution in [-0.4, -0.2) is 47.5 Å². The summed E-state index contributed by atoms with van der Waals surface area (Å²) in [7, 11) is 1.63. The van der Waals surface area contributed by atoms with E-state index in [-0.39, 0.29) is 29.2 Å². The molecule has 5 rings (SSSR count). The van der Waals surface area contributed by atoms with Crippen LogP contribution in [0.1, 0.15) is 35.6 Å². The van der Waals surface area contributed by atoms with E-state index in [2.05, 4.69) is 5.32 Å². The van der Waals surface area contributed by atoms with Crippen LogP contribution >= 0.6 is 0 Å². The number of benzene rings is 2. The highest BCUT2D eigenvalue weighted by Crippen LogP contribution is 2.35. The number of fused-ring (bicyclic) bond motifs is 4. The summed E-state index contributed by atoms with van der Waals surface area (Å²) in [6.07, 6.45) is 2.30. The number of carbonyl (C=O) groups excluding carboxylic acids is 2. The fourth-order valence-electron chi connectivity index (χ4n) is 5.66. The molecule has 1 N–H and O–H groups in total. The summed E-state index contributed by atoms with van der Waals surface area (Å²) >= 11 is 0. The zero-order valence-corrected chi connectivity index (χ0v) is 21.1. The van der Waals surface area contributed by atoms with E-state index in [9.17, 15) is 14.4 Å². The molecule has 2 aromatic carbocycles. The van der Waals surface area contributed by atoms with Crippen LogP contribution in [0.3, 0.4) is 0 Å². The van der Waals surface area contributed by atoms with Crippen molar-refractivity contribution in [1.29, 1.82) is 0 Å². The second-order valence-corrected chi connectivity index (χ2v) is 10.1. The van der Waals surface area contributed by atoms with Crippen molar-refractivity contribution in [3.05, 3.63) is 100.0 Å². The number of piperidine rings is 1. The first kappa shape index (κ1) is 24.8. The molecule has 3 atom stereocenters. The molecule has 1 saturated heterocycles. The number of carbonyl (C=O) groups is 2. The number of methoxy groups -OCH3 is 1. The van der Waals surface area contributed by atoms with Gasteiger partial charge in [0.2, 0.25) is 11.8 Å². The number of ether oxygens (including phenoxy) is 1. The van der Waals surface area contributed by atoms with Crippen LogP contribution in [0.4, 0.5) is 0 Å². The van der Waals surface area contributed by atoms with Gasteiger partial charge in [-0.1, -0.05) is 48.5 Å². The van der Waals surface area contributed by atoms with Crippen LogP contribution in [-0.2, 0) is 29.0 Å². The van der Waals surface area contributed by atoms with Crippen molar-refractivity contribution in [3.63, 3.8) is 0 Å². The maximum absolute atomic E-state index is 13.8. The van der Waals surface area contributed by atoms with Gasteiger partial charge >= 0.3 is 0 Å². The number of hydrogen-bond donors (Lipinski definition) is 1. The number of hydrogen-bond acceptors (Lipinski definition) is 4. The summed E-state index contributed by atoms with van der Waals surface area (Å²) in [5, 5.41) is 3.04. The van der Waals surface area contributed by atoms with Crippen molar-refractivity contribution < 1.29 is 14.3 Å². The Morgan fingerprint density at radius 3 is 2.49 bits per heavy atom. The van der Waals surface area contributed by atoms with Gasteiger partial charge in [0.1, 0.15) is 11.8 Å². The molecule has 2 amide bonds. The third-order valence-corrected chi connectivity index (χ3v) is 7.51. The number of rotatable bonds is 8. The molecule has 0 saturated carbocycles. The number of nitrogens with one attached hydrogen (secondary N) is 1. The van der Waals surface area contributed by atoms with Crippen molar-refractivity contribution in [1.82, 2.24) is 14.8 Å². The molecule has 2 aliphatic heterocycles. The molecule has 7 nitrogen and oxygen atoms in total. The van der Waals surface area contributed by atoms with Gasteiger partial charge in [-0.15, -0.1) is 0 Å². The molecular weight excluding hydrogens is 466 g/mol. The van der Waals surface area contributed by atoms with Gasteiger partial charge in [-0.3, -0.25) is 14.4 Å². The van der Waals surface area contributed by atoms with Gasteiger partial charge in [-0.2, -0.15) is 0 Å². The van der Waals surface area contributed by atoms with Crippen LogP contribution in [0.15, 0.2) is 77.6 Å². The average molecular weight is 500 g/mol. The Morgan fingerprint density at radius 2 is 1.73 bits per heavy atom. The Balaban J connectivity index is 1.29. The molecule has 3 heterocycles. The lowest BCUT2D eigenvalue weighted by Crippen LogP contribution is -2.55. The maximum Gasteiger partial charge on any atom is 0.250 e. The maximum atomic E-state index is 13.8. The van der Waals surface area contributed by atoms with E-state index in [1.807, 2.05) is 70.1 Å². The Bertz CT molecular complexity index is 1300. The van der Waals surface area contributed by atoms with Gasteiger partial charge in [0.05, 0.1) is 7.11 Å². The number of aromatic nitrogens is 1. The highest BCUT2D eigenvalue weighted by Gasteiger charge is 2.38.